The summed E-state index contributed by atoms with van der Waals surface area (Å²) in [4.78, 5) is 24.1. The maximum atomic E-state index is 13.6. The third kappa shape index (κ3) is 5.52. The van der Waals surface area contributed by atoms with E-state index in [2.05, 4.69) is 17.2 Å². The number of sulfonamides is 1. The summed E-state index contributed by atoms with van der Waals surface area (Å²) in [5.41, 5.74) is 2.33. The summed E-state index contributed by atoms with van der Waals surface area (Å²) in [5.74, 6) is -0.320. The molecule has 0 saturated heterocycles. The highest BCUT2D eigenvalue weighted by Gasteiger charge is 2.33. The standard InChI is InChI=1S/C26H25N3O5S/c1-2-25(30)28-23-15-16-29(24-14-7-6-13-22(23)24)35(32,33)21-12-8-11-20(17-21)27-26(31)34-18-19-9-4-3-5-10-19/h2-14,17,23H,1,15-16,18H2,(H,27,31)(H,28,30). The molecule has 0 radical (unpaired) electrons. The van der Waals surface area contributed by atoms with Gasteiger partial charge in [-0.15, -0.1) is 0 Å². The van der Waals surface area contributed by atoms with Gasteiger partial charge in [0.05, 0.1) is 16.6 Å². The number of benzene rings is 3. The Morgan fingerprint density at radius 3 is 2.54 bits per heavy atom. The van der Waals surface area contributed by atoms with Crippen LogP contribution >= 0.6 is 0 Å². The van der Waals surface area contributed by atoms with Gasteiger partial charge >= 0.3 is 6.09 Å². The number of fused-ring (bicyclic) bond motifs is 1. The van der Waals surface area contributed by atoms with E-state index in [0.717, 1.165) is 5.56 Å². The summed E-state index contributed by atoms with van der Waals surface area (Å²) in [6, 6.07) is 22.0. The van der Waals surface area contributed by atoms with Crippen LogP contribution in [0.4, 0.5) is 16.2 Å². The van der Waals surface area contributed by atoms with Gasteiger partial charge in [-0.2, -0.15) is 0 Å². The van der Waals surface area contributed by atoms with Crippen LogP contribution in [-0.4, -0.2) is 27.0 Å². The fraction of sp³-hybridized carbons (Fsp3) is 0.154. The number of ether oxygens (including phenoxy) is 1. The molecule has 8 nitrogen and oxygen atoms in total. The van der Waals surface area contributed by atoms with Crippen molar-refractivity contribution in [2.24, 2.45) is 0 Å². The summed E-state index contributed by atoms with van der Waals surface area (Å²) >= 11 is 0. The van der Waals surface area contributed by atoms with Crippen molar-refractivity contribution in [3.8, 4) is 0 Å². The van der Waals surface area contributed by atoms with E-state index in [0.29, 0.717) is 23.4 Å². The van der Waals surface area contributed by atoms with E-state index >= 15 is 0 Å². The predicted molar refractivity (Wildman–Crippen MR) is 133 cm³/mol. The van der Waals surface area contributed by atoms with Gasteiger partial charge in [-0.05, 0) is 47.9 Å². The summed E-state index contributed by atoms with van der Waals surface area (Å²) in [5, 5.41) is 5.43. The molecule has 1 atom stereocenters. The maximum absolute atomic E-state index is 13.6. The second-order valence-corrected chi connectivity index (χ2v) is 9.77. The Bertz CT molecular complexity index is 1340. The predicted octanol–water partition coefficient (Wildman–Crippen LogP) is 4.38. The molecular weight excluding hydrogens is 466 g/mol. The zero-order valence-corrected chi connectivity index (χ0v) is 19.7. The van der Waals surface area contributed by atoms with Crippen LogP contribution in [0.3, 0.4) is 0 Å². The van der Waals surface area contributed by atoms with E-state index < -0.39 is 16.1 Å². The second-order valence-electron chi connectivity index (χ2n) is 7.90. The van der Waals surface area contributed by atoms with Gasteiger partial charge in [-0.1, -0.05) is 61.2 Å². The average molecular weight is 492 g/mol. The first-order chi connectivity index (χ1) is 16.9. The Balaban J connectivity index is 1.52. The minimum absolute atomic E-state index is 0.0294. The van der Waals surface area contributed by atoms with Crippen LogP contribution < -0.4 is 14.9 Å². The quantitative estimate of drug-likeness (QED) is 0.478. The van der Waals surface area contributed by atoms with Gasteiger partial charge in [0.25, 0.3) is 10.0 Å². The first-order valence-corrected chi connectivity index (χ1v) is 12.4. The lowest BCUT2D eigenvalue weighted by Crippen LogP contribution is -2.40. The van der Waals surface area contributed by atoms with Crippen molar-refractivity contribution in [2.45, 2.75) is 24.0 Å². The number of nitrogens with zero attached hydrogens (tertiary/aromatic N) is 1. The molecule has 2 N–H and O–H groups in total. The number of anilines is 2. The lowest BCUT2D eigenvalue weighted by Gasteiger charge is -2.35. The number of hydrogen-bond donors (Lipinski definition) is 2. The molecule has 0 spiro atoms. The number of nitrogens with one attached hydrogen (secondary N) is 2. The molecule has 4 rings (SSSR count). The molecule has 0 bridgehead atoms. The molecule has 0 aromatic heterocycles. The van der Waals surface area contributed by atoms with Gasteiger partial charge in [0.15, 0.2) is 0 Å². The zero-order valence-electron chi connectivity index (χ0n) is 18.9. The Labute approximate surface area is 204 Å². The third-order valence-corrected chi connectivity index (χ3v) is 7.39. The maximum Gasteiger partial charge on any atom is 0.411 e. The van der Waals surface area contributed by atoms with Crippen LogP contribution in [0.1, 0.15) is 23.6 Å². The smallest absolute Gasteiger partial charge is 0.411 e. The molecule has 3 aromatic rings. The number of carbonyl (C=O) groups is 2. The largest absolute Gasteiger partial charge is 0.444 e. The molecule has 9 heteroatoms. The third-order valence-electron chi connectivity index (χ3n) is 5.58. The SMILES string of the molecule is C=CC(=O)NC1CCN(S(=O)(=O)c2cccc(NC(=O)OCc3ccccc3)c2)c2ccccc21. The number of para-hydroxylation sites is 1. The molecule has 0 fully saturated rings. The van der Waals surface area contributed by atoms with Crippen molar-refractivity contribution in [3.05, 3.63) is 103 Å². The van der Waals surface area contributed by atoms with Crippen molar-refractivity contribution >= 4 is 33.4 Å². The van der Waals surface area contributed by atoms with Crippen LogP contribution in [0.15, 0.2) is 96.4 Å². The number of hydrogen-bond acceptors (Lipinski definition) is 5. The highest BCUT2D eigenvalue weighted by Crippen LogP contribution is 2.37. The van der Waals surface area contributed by atoms with Crippen LogP contribution in [0.2, 0.25) is 0 Å². The Hall–Kier alpha value is -4.11. The van der Waals surface area contributed by atoms with Crippen molar-refractivity contribution in [1.82, 2.24) is 5.32 Å². The highest BCUT2D eigenvalue weighted by atomic mass is 32.2. The fourth-order valence-electron chi connectivity index (χ4n) is 3.90. The second kappa shape index (κ2) is 10.4. The molecule has 1 heterocycles. The first kappa shape index (κ1) is 24.0. The van der Waals surface area contributed by atoms with Gasteiger partial charge in [0.1, 0.15) is 6.61 Å². The number of rotatable bonds is 7. The van der Waals surface area contributed by atoms with Crippen LogP contribution in [0.5, 0.6) is 0 Å². The molecular formula is C26H25N3O5S. The van der Waals surface area contributed by atoms with E-state index in [-0.39, 0.29) is 30.0 Å². The lowest BCUT2D eigenvalue weighted by molar-refractivity contribution is -0.117. The summed E-state index contributed by atoms with van der Waals surface area (Å²) in [6.07, 6.45) is 0.904. The minimum Gasteiger partial charge on any atom is -0.444 e. The van der Waals surface area contributed by atoms with E-state index in [1.54, 1.807) is 36.4 Å². The van der Waals surface area contributed by atoms with Gasteiger partial charge in [0, 0.05) is 12.2 Å². The summed E-state index contributed by atoms with van der Waals surface area (Å²) < 4.78 is 33.7. The highest BCUT2D eigenvalue weighted by molar-refractivity contribution is 7.92. The van der Waals surface area contributed by atoms with Crippen LogP contribution in [0.25, 0.3) is 0 Å². The van der Waals surface area contributed by atoms with E-state index in [1.165, 1.54) is 22.5 Å². The molecule has 35 heavy (non-hydrogen) atoms. The zero-order chi connectivity index (χ0) is 24.8. The fourth-order valence-corrected chi connectivity index (χ4v) is 5.45. The van der Waals surface area contributed by atoms with Crippen LogP contribution in [0, 0.1) is 0 Å². The van der Waals surface area contributed by atoms with Crippen molar-refractivity contribution in [1.29, 1.82) is 0 Å². The lowest BCUT2D eigenvalue weighted by atomic mass is 9.98. The van der Waals surface area contributed by atoms with Crippen molar-refractivity contribution in [2.75, 3.05) is 16.2 Å². The number of amides is 2. The molecule has 0 aliphatic carbocycles. The van der Waals surface area contributed by atoms with Crippen molar-refractivity contribution < 1.29 is 22.7 Å². The van der Waals surface area contributed by atoms with Crippen LogP contribution in [-0.2, 0) is 26.2 Å². The molecule has 1 aliphatic heterocycles. The minimum atomic E-state index is -3.94. The summed E-state index contributed by atoms with van der Waals surface area (Å²) in [7, 11) is -3.94. The molecule has 3 aromatic carbocycles. The Morgan fingerprint density at radius 2 is 1.77 bits per heavy atom. The number of carbonyl (C=O) groups excluding carboxylic acids is 2. The molecule has 1 unspecified atom stereocenters. The molecule has 0 saturated carbocycles. The molecule has 2 amide bonds. The van der Waals surface area contributed by atoms with E-state index in [1.807, 2.05) is 30.3 Å². The van der Waals surface area contributed by atoms with E-state index in [9.17, 15) is 18.0 Å². The normalized spacial score (nSPS) is 15.0. The average Bonchev–Trinajstić information content (AvgIpc) is 2.88. The van der Waals surface area contributed by atoms with Crippen molar-refractivity contribution in [3.63, 3.8) is 0 Å². The van der Waals surface area contributed by atoms with E-state index in [4.69, 9.17) is 4.74 Å². The summed E-state index contributed by atoms with van der Waals surface area (Å²) in [6.45, 7) is 3.75. The molecule has 180 valence electrons. The Kier molecular flexibility index (Phi) is 7.17. The molecule has 1 aliphatic rings. The Morgan fingerprint density at radius 1 is 1.03 bits per heavy atom. The topological polar surface area (TPSA) is 105 Å². The van der Waals surface area contributed by atoms with Gasteiger partial charge in [-0.3, -0.25) is 14.4 Å². The van der Waals surface area contributed by atoms with Gasteiger partial charge < -0.3 is 10.1 Å². The van der Waals surface area contributed by atoms with Gasteiger partial charge in [-0.25, -0.2) is 13.2 Å². The monoisotopic (exact) mass is 491 g/mol. The van der Waals surface area contributed by atoms with Gasteiger partial charge in [0.2, 0.25) is 5.91 Å². The first-order valence-electron chi connectivity index (χ1n) is 11.0.